The molecule has 0 unspecified atom stereocenters. The Morgan fingerprint density at radius 3 is 2.23 bits per heavy atom. The lowest BCUT2D eigenvalue weighted by atomic mass is 9.43. The summed E-state index contributed by atoms with van der Waals surface area (Å²) in [6.07, 6.45) is -9.49. The summed E-state index contributed by atoms with van der Waals surface area (Å²) in [5.74, 6) is 0.331. The van der Waals surface area contributed by atoms with E-state index in [4.69, 9.17) is 42.6 Å². The topological polar surface area (TPSA) is 265 Å². The van der Waals surface area contributed by atoms with Gasteiger partial charge in [0.05, 0.1) is 37.6 Å². The maximum absolute atomic E-state index is 12.8. The van der Waals surface area contributed by atoms with E-state index in [9.17, 15) is 45.6 Å². The molecule has 5 aliphatic heterocycles. The van der Waals surface area contributed by atoms with Crippen LogP contribution in [0.4, 0.5) is 0 Å². The number of aliphatic hydroxyl groups excluding tert-OH is 7. The highest BCUT2D eigenvalue weighted by Gasteiger charge is 2.84. The predicted molar refractivity (Wildman–Crippen MR) is 201 cm³/mol. The first-order valence-corrected chi connectivity index (χ1v) is 21.9. The van der Waals surface area contributed by atoms with Gasteiger partial charge in [-0.05, 0) is 87.0 Å². The molecule has 9 aliphatic rings. The van der Waals surface area contributed by atoms with Crippen molar-refractivity contribution in [1.82, 2.24) is 0 Å². The van der Waals surface area contributed by atoms with Crippen LogP contribution in [0.2, 0.25) is 0 Å². The zero-order valence-electron chi connectivity index (χ0n) is 34.7. The van der Waals surface area contributed by atoms with Gasteiger partial charge < -0.3 is 83.5 Å². The summed E-state index contributed by atoms with van der Waals surface area (Å²) in [4.78, 5) is 12.0. The first-order chi connectivity index (χ1) is 28.5. The van der Waals surface area contributed by atoms with Crippen LogP contribution in [-0.4, -0.2) is 183 Å². The molecule has 0 bridgehead atoms. The van der Waals surface area contributed by atoms with Gasteiger partial charge in [-0.2, -0.15) is 0 Å². The van der Waals surface area contributed by atoms with Crippen molar-refractivity contribution in [3.8, 4) is 0 Å². The van der Waals surface area contributed by atoms with Crippen LogP contribution in [0.1, 0.15) is 78.6 Å². The molecule has 8 fully saturated rings. The summed E-state index contributed by atoms with van der Waals surface area (Å²) >= 11 is 0. The fraction of sp³-hybridized carbons (Fsp3) is 0.929. The van der Waals surface area contributed by atoms with Gasteiger partial charge in [0.25, 0.3) is 0 Å². The molecule has 340 valence electrons. The zero-order valence-corrected chi connectivity index (χ0v) is 34.7. The number of hydrogen-bond acceptors (Lipinski definition) is 18. The van der Waals surface area contributed by atoms with E-state index >= 15 is 0 Å². The molecule has 60 heavy (non-hydrogen) atoms. The van der Waals surface area contributed by atoms with Crippen molar-refractivity contribution < 1.29 is 88.3 Å². The van der Waals surface area contributed by atoms with Crippen LogP contribution in [0.15, 0.2) is 11.6 Å². The van der Waals surface area contributed by atoms with Crippen LogP contribution in [0.3, 0.4) is 0 Å². The minimum absolute atomic E-state index is 0.0317. The molecule has 9 rings (SSSR count). The van der Waals surface area contributed by atoms with Gasteiger partial charge in [0.1, 0.15) is 72.7 Å². The largest absolute Gasteiger partial charge is 0.458 e. The maximum atomic E-state index is 12.8. The van der Waals surface area contributed by atoms with Crippen LogP contribution < -0.4 is 0 Å². The molecule has 0 aromatic rings. The van der Waals surface area contributed by atoms with Gasteiger partial charge in [-0.3, -0.25) is 0 Å². The lowest BCUT2D eigenvalue weighted by Crippen LogP contribution is -2.68. The van der Waals surface area contributed by atoms with Gasteiger partial charge in [0, 0.05) is 25.0 Å². The third-order valence-electron chi connectivity index (χ3n) is 16.8. The zero-order chi connectivity index (χ0) is 42.7. The Morgan fingerprint density at radius 1 is 0.817 bits per heavy atom. The highest BCUT2D eigenvalue weighted by atomic mass is 16.8. The van der Waals surface area contributed by atoms with Crippen molar-refractivity contribution in [3.63, 3.8) is 0 Å². The Kier molecular flexibility index (Phi) is 11.6. The van der Waals surface area contributed by atoms with Gasteiger partial charge >= 0.3 is 5.97 Å². The summed E-state index contributed by atoms with van der Waals surface area (Å²) in [6, 6.07) is 0. The van der Waals surface area contributed by atoms with Crippen molar-refractivity contribution in [2.45, 2.75) is 188 Å². The summed E-state index contributed by atoms with van der Waals surface area (Å²) in [5, 5.41) is 85.2. The minimum Gasteiger partial charge on any atom is -0.458 e. The van der Waals surface area contributed by atoms with E-state index in [2.05, 4.69) is 13.8 Å². The van der Waals surface area contributed by atoms with Crippen molar-refractivity contribution in [3.05, 3.63) is 11.6 Å². The second-order valence-electron chi connectivity index (χ2n) is 19.6. The molecular weight excluding hydrogens is 792 g/mol. The molecule has 4 saturated carbocycles. The fourth-order valence-electron chi connectivity index (χ4n) is 13.3. The maximum Gasteiger partial charge on any atom is 0.331 e. The van der Waals surface area contributed by atoms with Crippen LogP contribution in [0, 0.1) is 28.6 Å². The normalized spacial score (nSPS) is 56.2. The molecule has 4 aliphatic carbocycles. The highest BCUT2D eigenvalue weighted by Crippen LogP contribution is 2.77. The number of rotatable bonds is 10. The van der Waals surface area contributed by atoms with E-state index in [0.717, 1.165) is 50.5 Å². The van der Waals surface area contributed by atoms with E-state index in [0.29, 0.717) is 25.4 Å². The van der Waals surface area contributed by atoms with E-state index in [1.807, 2.05) is 0 Å². The number of ether oxygens (including phenoxy) is 9. The average molecular weight is 857 g/mol. The Hall–Kier alpha value is -1.43. The number of fused-ring (bicyclic) bond motifs is 3. The minimum atomic E-state index is -1.71. The van der Waals surface area contributed by atoms with Crippen LogP contribution in [-0.2, 0) is 47.4 Å². The predicted octanol–water partition coefficient (Wildman–Crippen LogP) is -1.08. The van der Waals surface area contributed by atoms with E-state index in [1.54, 1.807) is 13.0 Å². The van der Waals surface area contributed by atoms with E-state index in [-0.39, 0.29) is 35.4 Å². The summed E-state index contributed by atoms with van der Waals surface area (Å²) in [6.45, 7) is 5.54. The molecule has 23 atom stereocenters. The van der Waals surface area contributed by atoms with Gasteiger partial charge in [-0.1, -0.05) is 13.8 Å². The number of hydrogen-bond donors (Lipinski definition) is 8. The number of aliphatic hydroxyl groups is 8. The Morgan fingerprint density at radius 2 is 1.53 bits per heavy atom. The van der Waals surface area contributed by atoms with Crippen molar-refractivity contribution in [2.24, 2.45) is 28.6 Å². The average Bonchev–Trinajstić information content (AvgIpc) is 3.67. The third kappa shape index (κ3) is 6.69. The SMILES string of the molecule is CO[C@@H]1C[C@H](O[C@H]2CC[C@@]3(C)[C@@H](C2)C[C@@H]2O[C@]24[C@@H]3CC[C@]2(C)[C@@H](C3=CC(=O)OC3)CC[C@]42O)O[C@H](C)[C@@H]1O[C@@H]1O[C@H](CO[C@@H]2O[C@H](CO)[C@@H](O)[C@H](O)[C@H]2O)[C@@H](O)[C@H](O)[C@H]1O. The lowest BCUT2D eigenvalue weighted by Gasteiger charge is -2.62. The second kappa shape index (κ2) is 15.9. The number of methoxy groups -OCH3 is 1. The number of esters is 1. The molecule has 18 nitrogen and oxygen atoms in total. The standard InChI is InChI=1S/C42H64O18/c1-18-36(59-38-35(50)33(48)31(46)25(58-38)17-54-37-34(49)32(47)30(45)24(15-43)57-37)23(52-4)14-29(55-18)56-21-5-8-39(2)20(12-21)13-27-42(60-27)26(39)7-9-40(3)22(6-10-41(40,42)51)19-11-28(44)53-16-19/h11,18,20-27,29-38,43,45-51H,5-10,12-17H2,1-4H3/t18-,20+,21+,22-,23-,24-,25-,26-,27+,29+,30-,31-,32+,33+,34-,35-,36+,37-,38+,39+,40-,41-,42-/m1/s1. The van der Waals surface area contributed by atoms with Gasteiger partial charge in [-0.15, -0.1) is 0 Å². The smallest absolute Gasteiger partial charge is 0.331 e. The third-order valence-corrected chi connectivity index (χ3v) is 16.8. The van der Waals surface area contributed by atoms with Gasteiger partial charge in [0.2, 0.25) is 0 Å². The number of cyclic esters (lactones) is 1. The lowest BCUT2D eigenvalue weighted by molar-refractivity contribution is -0.355. The van der Waals surface area contributed by atoms with E-state index < -0.39 is 116 Å². The second-order valence-corrected chi connectivity index (χ2v) is 19.6. The molecule has 5 heterocycles. The van der Waals surface area contributed by atoms with Gasteiger partial charge in [0.15, 0.2) is 18.9 Å². The van der Waals surface area contributed by atoms with Crippen molar-refractivity contribution in [1.29, 1.82) is 0 Å². The summed E-state index contributed by atoms with van der Waals surface area (Å²) < 4.78 is 54.0. The Balaban J connectivity index is 0.807. The molecule has 0 radical (unpaired) electrons. The first kappa shape index (κ1) is 43.8. The van der Waals surface area contributed by atoms with Gasteiger partial charge in [-0.25, -0.2) is 4.79 Å². The molecular formula is C42H64O18. The van der Waals surface area contributed by atoms with Crippen LogP contribution >= 0.6 is 0 Å². The molecule has 0 aromatic carbocycles. The van der Waals surface area contributed by atoms with Crippen LogP contribution in [0.5, 0.6) is 0 Å². The highest BCUT2D eigenvalue weighted by molar-refractivity contribution is 5.85. The summed E-state index contributed by atoms with van der Waals surface area (Å²) in [5.41, 5.74) is -1.00. The first-order valence-electron chi connectivity index (χ1n) is 21.9. The summed E-state index contributed by atoms with van der Waals surface area (Å²) in [7, 11) is 1.54. The molecule has 4 saturated heterocycles. The fourth-order valence-corrected chi connectivity index (χ4v) is 13.3. The molecule has 1 spiro atoms. The monoisotopic (exact) mass is 856 g/mol. The molecule has 8 N–H and O–H groups in total. The Bertz CT molecular complexity index is 1630. The van der Waals surface area contributed by atoms with Crippen LogP contribution in [0.25, 0.3) is 0 Å². The molecule has 0 amide bonds. The quantitative estimate of drug-likeness (QED) is 0.0738. The molecule has 0 aromatic heterocycles. The number of carbonyl (C=O) groups excluding carboxylic acids is 1. The number of epoxide rings is 1. The van der Waals surface area contributed by atoms with Crippen molar-refractivity contribution in [2.75, 3.05) is 26.9 Å². The van der Waals surface area contributed by atoms with Crippen molar-refractivity contribution >= 4 is 5.97 Å². The van der Waals surface area contributed by atoms with E-state index in [1.165, 1.54) is 7.11 Å². The number of carbonyl (C=O) groups is 1. The Labute approximate surface area is 348 Å². The molecule has 18 heteroatoms.